The average molecular weight is 359 g/mol. The van der Waals surface area contributed by atoms with E-state index in [2.05, 4.69) is 10.3 Å². The van der Waals surface area contributed by atoms with Crippen molar-refractivity contribution in [1.82, 2.24) is 9.55 Å². The molecule has 1 aromatic carbocycles. The van der Waals surface area contributed by atoms with Crippen LogP contribution in [-0.2, 0) is 11.8 Å². The number of rotatable bonds is 4. The molecule has 0 saturated heterocycles. The normalized spacial score (nSPS) is 11.0. The molecule has 7 heteroatoms. The molecule has 0 aliphatic rings. The highest BCUT2D eigenvalue weighted by Gasteiger charge is 2.12. The molecule has 2 heterocycles. The van der Waals surface area contributed by atoms with E-state index in [0.717, 1.165) is 16.8 Å². The lowest BCUT2D eigenvalue weighted by Gasteiger charge is -2.10. The van der Waals surface area contributed by atoms with Gasteiger partial charge < -0.3 is 5.32 Å². The number of carbonyl (C=O) groups excluding carboxylic acids is 1. The first-order valence-electron chi connectivity index (χ1n) is 7.40. The maximum atomic E-state index is 12.2. The van der Waals surface area contributed by atoms with Crippen LogP contribution in [0.5, 0.6) is 0 Å². The van der Waals surface area contributed by atoms with Gasteiger partial charge in [-0.3, -0.25) is 14.2 Å². The lowest BCUT2D eigenvalue weighted by Crippen LogP contribution is -2.21. The number of amides is 1. The number of aromatic nitrogens is 2. The van der Waals surface area contributed by atoms with Crippen molar-refractivity contribution in [3.8, 4) is 0 Å². The first-order chi connectivity index (χ1) is 11.5. The summed E-state index contributed by atoms with van der Waals surface area (Å²) >= 11 is 2.69. The van der Waals surface area contributed by atoms with Crippen LogP contribution in [0.1, 0.15) is 11.1 Å². The molecule has 0 radical (unpaired) electrons. The van der Waals surface area contributed by atoms with Gasteiger partial charge in [0.15, 0.2) is 5.16 Å². The summed E-state index contributed by atoms with van der Waals surface area (Å²) in [6, 6.07) is 7.71. The first-order valence-corrected chi connectivity index (χ1v) is 9.26. The van der Waals surface area contributed by atoms with Crippen LogP contribution in [0.25, 0.3) is 10.2 Å². The van der Waals surface area contributed by atoms with E-state index in [1.165, 1.54) is 27.7 Å². The lowest BCUT2D eigenvalue weighted by atomic mass is 10.1. The molecule has 0 aliphatic carbocycles. The minimum absolute atomic E-state index is 0.0845. The molecular weight excluding hydrogens is 342 g/mol. The number of carbonyl (C=O) groups is 1. The van der Waals surface area contributed by atoms with Crippen LogP contribution in [-0.4, -0.2) is 21.2 Å². The van der Waals surface area contributed by atoms with Gasteiger partial charge >= 0.3 is 0 Å². The molecule has 0 bridgehead atoms. The highest BCUT2D eigenvalue weighted by atomic mass is 32.2. The first kappa shape index (κ1) is 16.7. The number of anilines is 1. The topological polar surface area (TPSA) is 64.0 Å². The Kier molecular flexibility index (Phi) is 4.73. The lowest BCUT2D eigenvalue weighted by molar-refractivity contribution is -0.113. The summed E-state index contributed by atoms with van der Waals surface area (Å²) in [5.41, 5.74) is 2.84. The molecule has 2 aromatic heterocycles. The Morgan fingerprint density at radius 3 is 2.92 bits per heavy atom. The van der Waals surface area contributed by atoms with E-state index in [0.29, 0.717) is 15.4 Å². The number of nitrogens with one attached hydrogen (secondary N) is 1. The zero-order valence-corrected chi connectivity index (χ0v) is 15.3. The highest BCUT2D eigenvalue weighted by Crippen LogP contribution is 2.21. The van der Waals surface area contributed by atoms with Crippen LogP contribution in [0.15, 0.2) is 39.6 Å². The minimum Gasteiger partial charge on any atom is -0.325 e. The van der Waals surface area contributed by atoms with Crippen molar-refractivity contribution in [3.05, 3.63) is 51.1 Å². The van der Waals surface area contributed by atoms with Gasteiger partial charge in [-0.05, 0) is 42.5 Å². The SMILES string of the molecule is Cc1ccc(C)c(NC(=O)CSc2nc3sccc3c(=O)n2C)c1. The van der Waals surface area contributed by atoms with Gasteiger partial charge in [-0.2, -0.15) is 0 Å². The molecule has 0 fully saturated rings. The summed E-state index contributed by atoms with van der Waals surface area (Å²) in [5.74, 6) is 0.0825. The number of thioether (sulfide) groups is 1. The third kappa shape index (κ3) is 3.37. The number of thiophene rings is 1. The third-order valence-corrected chi connectivity index (χ3v) is 5.50. The van der Waals surface area contributed by atoms with Gasteiger partial charge in [0.1, 0.15) is 4.83 Å². The summed E-state index contributed by atoms with van der Waals surface area (Å²) in [5, 5.41) is 5.93. The Hall–Kier alpha value is -2.12. The Bertz CT molecular complexity index is 976. The van der Waals surface area contributed by atoms with Gasteiger partial charge in [-0.15, -0.1) is 11.3 Å². The van der Waals surface area contributed by atoms with Crippen LogP contribution in [0, 0.1) is 13.8 Å². The standard InChI is InChI=1S/C17H17N3O2S2/c1-10-4-5-11(2)13(8-10)18-14(21)9-24-17-19-15-12(6-7-23-15)16(22)20(17)3/h4-8H,9H2,1-3H3,(H,18,21). The maximum Gasteiger partial charge on any atom is 0.262 e. The van der Waals surface area contributed by atoms with Crippen molar-refractivity contribution in [1.29, 1.82) is 0 Å². The van der Waals surface area contributed by atoms with Gasteiger partial charge in [0, 0.05) is 12.7 Å². The summed E-state index contributed by atoms with van der Waals surface area (Å²) < 4.78 is 1.49. The summed E-state index contributed by atoms with van der Waals surface area (Å²) in [4.78, 5) is 29.6. The molecule has 0 spiro atoms. The number of benzene rings is 1. The molecule has 1 amide bonds. The maximum absolute atomic E-state index is 12.2. The number of fused-ring (bicyclic) bond motifs is 1. The van der Waals surface area contributed by atoms with E-state index < -0.39 is 0 Å². The zero-order valence-electron chi connectivity index (χ0n) is 13.6. The molecular formula is C17H17N3O2S2. The monoisotopic (exact) mass is 359 g/mol. The van der Waals surface area contributed by atoms with Crippen molar-refractivity contribution < 1.29 is 4.79 Å². The Morgan fingerprint density at radius 1 is 1.33 bits per heavy atom. The van der Waals surface area contributed by atoms with Crippen molar-refractivity contribution in [3.63, 3.8) is 0 Å². The van der Waals surface area contributed by atoms with E-state index >= 15 is 0 Å². The van der Waals surface area contributed by atoms with Crippen molar-refractivity contribution in [2.45, 2.75) is 19.0 Å². The second-order valence-corrected chi connectivity index (χ2v) is 7.39. The quantitative estimate of drug-likeness (QED) is 0.573. The van der Waals surface area contributed by atoms with Gasteiger partial charge in [-0.25, -0.2) is 4.98 Å². The minimum atomic E-state index is -0.116. The molecule has 24 heavy (non-hydrogen) atoms. The van der Waals surface area contributed by atoms with Crippen molar-refractivity contribution >= 4 is 44.9 Å². The van der Waals surface area contributed by atoms with E-state index in [9.17, 15) is 9.59 Å². The van der Waals surface area contributed by atoms with E-state index in [-0.39, 0.29) is 17.2 Å². The molecule has 3 aromatic rings. The van der Waals surface area contributed by atoms with Crippen LogP contribution in [0.4, 0.5) is 5.69 Å². The molecule has 0 atom stereocenters. The Labute approximate surface area is 147 Å². The third-order valence-electron chi connectivity index (χ3n) is 3.66. The van der Waals surface area contributed by atoms with Crippen LogP contribution < -0.4 is 10.9 Å². The van der Waals surface area contributed by atoms with Gasteiger partial charge in [-0.1, -0.05) is 23.9 Å². The van der Waals surface area contributed by atoms with Crippen molar-refractivity contribution in [2.24, 2.45) is 7.05 Å². The van der Waals surface area contributed by atoms with E-state index in [1.807, 2.05) is 37.4 Å². The largest absolute Gasteiger partial charge is 0.325 e. The fourth-order valence-electron chi connectivity index (χ4n) is 2.30. The molecule has 0 saturated carbocycles. The number of hydrogen-bond donors (Lipinski definition) is 1. The molecule has 3 rings (SSSR count). The second-order valence-electron chi connectivity index (χ2n) is 5.55. The molecule has 5 nitrogen and oxygen atoms in total. The zero-order chi connectivity index (χ0) is 17.3. The number of hydrogen-bond acceptors (Lipinski definition) is 5. The molecule has 0 aliphatic heterocycles. The fraction of sp³-hybridized carbons (Fsp3) is 0.235. The summed E-state index contributed by atoms with van der Waals surface area (Å²) in [7, 11) is 1.68. The van der Waals surface area contributed by atoms with Crippen LogP contribution >= 0.6 is 23.1 Å². The van der Waals surface area contributed by atoms with Crippen LogP contribution in [0.3, 0.4) is 0 Å². The summed E-state index contributed by atoms with van der Waals surface area (Å²) in [6.45, 7) is 3.94. The molecule has 124 valence electrons. The number of aryl methyl sites for hydroxylation is 2. The summed E-state index contributed by atoms with van der Waals surface area (Å²) in [6.07, 6.45) is 0. The van der Waals surface area contributed by atoms with E-state index in [4.69, 9.17) is 0 Å². The Balaban J connectivity index is 1.74. The highest BCUT2D eigenvalue weighted by molar-refractivity contribution is 7.99. The predicted molar refractivity (Wildman–Crippen MR) is 100 cm³/mol. The van der Waals surface area contributed by atoms with Gasteiger partial charge in [0.25, 0.3) is 5.56 Å². The smallest absolute Gasteiger partial charge is 0.262 e. The predicted octanol–water partition coefficient (Wildman–Crippen LogP) is 3.34. The second kappa shape index (κ2) is 6.78. The molecule has 0 unspecified atom stereocenters. The van der Waals surface area contributed by atoms with E-state index in [1.54, 1.807) is 13.1 Å². The van der Waals surface area contributed by atoms with Crippen molar-refractivity contribution in [2.75, 3.05) is 11.1 Å². The molecule has 1 N–H and O–H groups in total. The van der Waals surface area contributed by atoms with Gasteiger partial charge in [0.05, 0.1) is 11.1 Å². The number of nitrogens with zero attached hydrogens (tertiary/aromatic N) is 2. The fourth-order valence-corrected chi connectivity index (χ4v) is 3.87. The average Bonchev–Trinajstić information content (AvgIpc) is 3.01. The van der Waals surface area contributed by atoms with Crippen LogP contribution in [0.2, 0.25) is 0 Å². The Morgan fingerprint density at radius 2 is 2.12 bits per heavy atom. The van der Waals surface area contributed by atoms with Gasteiger partial charge in [0.2, 0.25) is 5.91 Å².